The van der Waals surface area contributed by atoms with Crippen LogP contribution in [0.1, 0.15) is 30.5 Å². The fraction of sp³-hybridized carbons (Fsp3) is 0.381. The monoisotopic (exact) mass is 341 g/mol. The van der Waals surface area contributed by atoms with E-state index in [1.54, 1.807) is 7.11 Å². The zero-order chi connectivity index (χ0) is 18.2. The molecule has 25 heavy (non-hydrogen) atoms. The average Bonchev–Trinajstić information content (AvgIpc) is 2.62. The van der Waals surface area contributed by atoms with E-state index in [2.05, 4.69) is 37.4 Å². The largest absolute Gasteiger partial charge is 0.497 e. The lowest BCUT2D eigenvalue weighted by Gasteiger charge is -2.17. The second-order valence-corrected chi connectivity index (χ2v) is 6.37. The first-order chi connectivity index (χ1) is 12.1. The van der Waals surface area contributed by atoms with Crippen molar-refractivity contribution in [1.29, 1.82) is 0 Å². The Morgan fingerprint density at radius 2 is 1.64 bits per heavy atom. The summed E-state index contributed by atoms with van der Waals surface area (Å²) in [7, 11) is 3.70. The highest BCUT2D eigenvalue weighted by molar-refractivity contribution is 5.93. The molecule has 0 saturated heterocycles. The number of quaternary nitrogens is 1. The van der Waals surface area contributed by atoms with Crippen LogP contribution in [-0.4, -0.2) is 26.6 Å². The van der Waals surface area contributed by atoms with Crippen LogP contribution >= 0.6 is 0 Å². The predicted molar refractivity (Wildman–Crippen MR) is 102 cm³/mol. The van der Waals surface area contributed by atoms with Gasteiger partial charge in [0.1, 0.15) is 12.3 Å². The van der Waals surface area contributed by atoms with Crippen LogP contribution in [-0.2, 0) is 24.2 Å². The Labute approximate surface area is 150 Å². The first-order valence-electron chi connectivity index (χ1n) is 8.92. The van der Waals surface area contributed by atoms with Gasteiger partial charge in [-0.3, -0.25) is 4.79 Å². The number of likely N-dealkylation sites (N-methyl/N-ethyl adjacent to an activating group) is 1. The van der Waals surface area contributed by atoms with Crippen LogP contribution in [0.3, 0.4) is 0 Å². The number of hydrogen-bond acceptors (Lipinski definition) is 2. The first-order valence-corrected chi connectivity index (χ1v) is 8.92. The molecule has 1 amide bonds. The maximum atomic E-state index is 12.5. The van der Waals surface area contributed by atoms with Crippen LogP contribution in [0.2, 0.25) is 0 Å². The van der Waals surface area contributed by atoms with Crippen LogP contribution in [0.15, 0.2) is 42.5 Å². The van der Waals surface area contributed by atoms with Crippen molar-refractivity contribution in [3.8, 4) is 5.75 Å². The van der Waals surface area contributed by atoms with Crippen molar-refractivity contribution in [3.63, 3.8) is 0 Å². The van der Waals surface area contributed by atoms with Crippen molar-refractivity contribution in [1.82, 2.24) is 0 Å². The van der Waals surface area contributed by atoms with Crippen LogP contribution in [0.5, 0.6) is 5.75 Å². The Morgan fingerprint density at radius 1 is 1.04 bits per heavy atom. The first kappa shape index (κ1) is 19.0. The summed E-state index contributed by atoms with van der Waals surface area (Å²) >= 11 is 0. The maximum absolute atomic E-state index is 12.5. The molecule has 4 heteroatoms. The van der Waals surface area contributed by atoms with E-state index in [1.165, 1.54) is 16.7 Å². The highest BCUT2D eigenvalue weighted by Gasteiger charge is 2.14. The molecule has 0 fully saturated rings. The number of carbonyl (C=O) groups is 1. The fourth-order valence-electron chi connectivity index (χ4n) is 3.02. The number of methoxy groups -OCH3 is 1. The van der Waals surface area contributed by atoms with Gasteiger partial charge in [0, 0.05) is 11.3 Å². The third-order valence-corrected chi connectivity index (χ3v) is 4.39. The highest BCUT2D eigenvalue weighted by Crippen LogP contribution is 2.22. The molecule has 4 nitrogen and oxygen atoms in total. The van der Waals surface area contributed by atoms with Crippen molar-refractivity contribution < 1.29 is 14.4 Å². The maximum Gasteiger partial charge on any atom is 0.279 e. The van der Waals surface area contributed by atoms with Crippen LogP contribution in [0, 0.1) is 0 Å². The Morgan fingerprint density at radius 3 is 2.16 bits per heavy atom. The number of amides is 1. The van der Waals surface area contributed by atoms with Gasteiger partial charge in [0.05, 0.1) is 14.2 Å². The van der Waals surface area contributed by atoms with Gasteiger partial charge in [-0.2, -0.15) is 0 Å². The summed E-state index contributed by atoms with van der Waals surface area (Å²) in [6.45, 7) is 5.47. The third-order valence-electron chi connectivity index (χ3n) is 4.39. The van der Waals surface area contributed by atoms with E-state index >= 15 is 0 Å². The summed E-state index contributed by atoms with van der Waals surface area (Å²) in [5, 5.41) is 3.14. The number of aryl methyl sites for hydroxylation is 2. The van der Waals surface area contributed by atoms with Gasteiger partial charge in [-0.05, 0) is 48.2 Å². The minimum atomic E-state index is 0.0570. The summed E-state index contributed by atoms with van der Waals surface area (Å²) < 4.78 is 5.18. The molecule has 0 aromatic heterocycles. The molecule has 0 saturated carbocycles. The average molecular weight is 341 g/mol. The van der Waals surface area contributed by atoms with Gasteiger partial charge in [-0.15, -0.1) is 0 Å². The van der Waals surface area contributed by atoms with Gasteiger partial charge in [0.2, 0.25) is 0 Å². The molecule has 0 aliphatic rings. The van der Waals surface area contributed by atoms with Crippen molar-refractivity contribution in [2.45, 2.75) is 33.2 Å². The molecule has 134 valence electrons. The normalized spacial score (nSPS) is 11.8. The van der Waals surface area contributed by atoms with Gasteiger partial charge in [-0.25, -0.2) is 0 Å². The Balaban J connectivity index is 1.97. The second kappa shape index (κ2) is 9.23. The minimum Gasteiger partial charge on any atom is -0.497 e. The molecular weight excluding hydrogens is 312 g/mol. The smallest absolute Gasteiger partial charge is 0.279 e. The minimum absolute atomic E-state index is 0.0570. The van der Waals surface area contributed by atoms with Gasteiger partial charge < -0.3 is 15.0 Å². The van der Waals surface area contributed by atoms with Crippen molar-refractivity contribution in [2.75, 3.05) is 26.0 Å². The molecular formula is C21H29N2O2+. The summed E-state index contributed by atoms with van der Waals surface area (Å²) in [5.41, 5.74) is 4.57. The number of nitrogens with one attached hydrogen (secondary N) is 2. The Hall–Kier alpha value is -2.33. The van der Waals surface area contributed by atoms with Gasteiger partial charge in [0.25, 0.3) is 5.91 Å². The number of carbonyl (C=O) groups excluding carboxylic acids is 1. The number of hydrogen-bond donors (Lipinski definition) is 2. The predicted octanol–water partition coefficient (Wildman–Crippen LogP) is 2.47. The molecule has 0 aliphatic carbocycles. The van der Waals surface area contributed by atoms with Crippen molar-refractivity contribution in [2.24, 2.45) is 0 Å². The van der Waals surface area contributed by atoms with Crippen LogP contribution in [0.25, 0.3) is 0 Å². The van der Waals surface area contributed by atoms with E-state index in [9.17, 15) is 4.79 Å². The highest BCUT2D eigenvalue weighted by atomic mass is 16.5. The van der Waals surface area contributed by atoms with E-state index in [0.717, 1.165) is 35.7 Å². The molecule has 2 aromatic carbocycles. The standard InChI is InChI=1S/C21H28N2O2/c1-5-17-8-7-9-18(6-2)21(17)22-20(24)15-23(3)14-16-10-12-19(25-4)13-11-16/h7-13H,5-6,14-15H2,1-4H3,(H,22,24)/p+1. The molecule has 0 radical (unpaired) electrons. The quantitative estimate of drug-likeness (QED) is 0.775. The zero-order valence-electron chi connectivity index (χ0n) is 15.7. The van der Waals surface area contributed by atoms with E-state index in [4.69, 9.17) is 4.74 Å². The van der Waals surface area contributed by atoms with E-state index < -0.39 is 0 Å². The summed E-state index contributed by atoms with van der Waals surface area (Å²) in [6, 6.07) is 14.2. The SMILES string of the molecule is CCc1cccc(CC)c1NC(=O)C[NH+](C)Cc1ccc(OC)cc1. The lowest BCUT2D eigenvalue weighted by atomic mass is 10.0. The molecule has 1 unspecified atom stereocenters. The molecule has 2 N–H and O–H groups in total. The molecule has 0 bridgehead atoms. The molecule has 0 heterocycles. The lowest BCUT2D eigenvalue weighted by molar-refractivity contribution is -0.885. The van der Waals surface area contributed by atoms with E-state index in [-0.39, 0.29) is 5.91 Å². The molecule has 0 spiro atoms. The lowest BCUT2D eigenvalue weighted by Crippen LogP contribution is -3.08. The van der Waals surface area contributed by atoms with Gasteiger partial charge in [-0.1, -0.05) is 32.0 Å². The third kappa shape index (κ3) is 5.33. The van der Waals surface area contributed by atoms with Crippen LogP contribution in [0.4, 0.5) is 5.69 Å². The van der Waals surface area contributed by atoms with Gasteiger partial charge >= 0.3 is 0 Å². The summed E-state index contributed by atoms with van der Waals surface area (Å²) in [5.74, 6) is 0.907. The molecule has 2 aromatic rings. The number of rotatable bonds is 8. The topological polar surface area (TPSA) is 42.8 Å². The molecule has 0 aliphatic heterocycles. The van der Waals surface area contributed by atoms with Crippen molar-refractivity contribution in [3.05, 3.63) is 59.2 Å². The van der Waals surface area contributed by atoms with E-state index in [1.807, 2.05) is 31.3 Å². The van der Waals surface area contributed by atoms with Crippen LogP contribution < -0.4 is 15.0 Å². The van der Waals surface area contributed by atoms with Gasteiger partial charge in [0.15, 0.2) is 6.54 Å². The number of anilines is 1. The molecule has 1 atom stereocenters. The number of para-hydroxylation sites is 1. The van der Waals surface area contributed by atoms with Crippen molar-refractivity contribution >= 4 is 11.6 Å². The Kier molecular flexibility index (Phi) is 7.02. The number of benzene rings is 2. The number of ether oxygens (including phenoxy) is 1. The fourth-order valence-corrected chi connectivity index (χ4v) is 3.02. The summed E-state index contributed by atoms with van der Waals surface area (Å²) in [6.07, 6.45) is 1.83. The zero-order valence-corrected chi connectivity index (χ0v) is 15.7. The molecule has 2 rings (SSSR count). The summed E-state index contributed by atoms with van der Waals surface area (Å²) in [4.78, 5) is 13.6. The second-order valence-electron chi connectivity index (χ2n) is 6.37. The van der Waals surface area contributed by atoms with E-state index in [0.29, 0.717) is 6.54 Å². The Bertz CT molecular complexity index is 673.